The Hall–Kier alpha value is -2.25. The van der Waals surface area contributed by atoms with E-state index in [1.54, 1.807) is 18.2 Å². The van der Waals surface area contributed by atoms with Gasteiger partial charge < -0.3 is 11.1 Å². The van der Waals surface area contributed by atoms with Crippen LogP contribution in [0.3, 0.4) is 0 Å². The van der Waals surface area contributed by atoms with E-state index in [2.05, 4.69) is 5.32 Å². The Bertz CT molecular complexity index is 752. The van der Waals surface area contributed by atoms with E-state index in [0.717, 1.165) is 36.4 Å². The summed E-state index contributed by atoms with van der Waals surface area (Å²) in [4.78, 5) is 26.9. The fraction of sp³-hybridized carbons (Fsp3) is 0.333. The summed E-state index contributed by atoms with van der Waals surface area (Å²) in [5.74, 6) is -0.693. The average Bonchev–Trinajstić information content (AvgIpc) is 3.07. The lowest BCUT2D eigenvalue weighted by molar-refractivity contribution is -0.119. The van der Waals surface area contributed by atoms with E-state index in [1.165, 1.54) is 23.5 Å². The van der Waals surface area contributed by atoms with E-state index in [0.29, 0.717) is 4.88 Å². The topological polar surface area (TPSA) is 75.4 Å². The van der Waals surface area contributed by atoms with Crippen LogP contribution in [0.4, 0.5) is 4.39 Å². The molecule has 1 aromatic heterocycles. The predicted octanol–water partition coefficient (Wildman–Crippen LogP) is 2.23. The van der Waals surface area contributed by atoms with Crippen molar-refractivity contribution in [1.82, 2.24) is 10.2 Å². The molecule has 3 rings (SSSR count). The van der Waals surface area contributed by atoms with E-state index in [9.17, 15) is 14.0 Å². The van der Waals surface area contributed by atoms with Gasteiger partial charge >= 0.3 is 0 Å². The van der Waals surface area contributed by atoms with Crippen molar-refractivity contribution in [2.75, 3.05) is 19.6 Å². The summed E-state index contributed by atoms with van der Waals surface area (Å²) < 4.78 is 13.0. The summed E-state index contributed by atoms with van der Waals surface area (Å²) in [5.41, 5.74) is 6.10. The molecule has 2 aromatic rings. The summed E-state index contributed by atoms with van der Waals surface area (Å²) in [7, 11) is 0. The highest BCUT2D eigenvalue weighted by atomic mass is 32.1. The van der Waals surface area contributed by atoms with Crippen LogP contribution in [0.1, 0.15) is 22.5 Å². The third-order valence-electron chi connectivity index (χ3n) is 4.26. The zero-order chi connectivity index (χ0) is 17.8. The highest BCUT2D eigenvalue weighted by molar-refractivity contribution is 7.17. The van der Waals surface area contributed by atoms with Crippen LogP contribution in [-0.4, -0.2) is 42.4 Å². The zero-order valence-electron chi connectivity index (χ0n) is 13.7. The van der Waals surface area contributed by atoms with Crippen LogP contribution in [0.2, 0.25) is 0 Å². The van der Waals surface area contributed by atoms with Gasteiger partial charge in [0.25, 0.3) is 5.91 Å². The van der Waals surface area contributed by atoms with Gasteiger partial charge in [-0.2, -0.15) is 0 Å². The van der Waals surface area contributed by atoms with Gasteiger partial charge in [0.05, 0.1) is 11.4 Å². The van der Waals surface area contributed by atoms with E-state index in [1.807, 2.05) is 11.0 Å². The SMILES string of the molecule is NC(=O)CN1CCC(NC(=O)c2ccc(-c3ccc(F)cc3)s2)CC1. The molecule has 1 aliphatic heterocycles. The molecule has 5 nitrogen and oxygen atoms in total. The maximum absolute atomic E-state index is 13.0. The molecule has 1 aromatic carbocycles. The number of carbonyl (C=O) groups is 2. The molecule has 25 heavy (non-hydrogen) atoms. The standard InChI is InChI=1S/C18H20FN3O2S/c19-13-3-1-12(2-4-13)15-5-6-16(25-15)18(24)21-14-7-9-22(10-8-14)11-17(20)23/h1-6,14H,7-11H2,(H2,20,23)(H,21,24). The maximum Gasteiger partial charge on any atom is 0.261 e. The molecule has 1 aliphatic rings. The van der Waals surface area contributed by atoms with Crippen molar-refractivity contribution < 1.29 is 14.0 Å². The number of hydrogen-bond donors (Lipinski definition) is 2. The molecule has 0 aliphatic carbocycles. The van der Waals surface area contributed by atoms with Crippen molar-refractivity contribution in [3.05, 3.63) is 47.1 Å². The highest BCUT2D eigenvalue weighted by Crippen LogP contribution is 2.28. The zero-order valence-corrected chi connectivity index (χ0v) is 14.5. The number of likely N-dealkylation sites (tertiary alicyclic amines) is 1. The second kappa shape index (κ2) is 7.76. The van der Waals surface area contributed by atoms with Crippen molar-refractivity contribution in [2.24, 2.45) is 5.73 Å². The summed E-state index contributed by atoms with van der Waals surface area (Å²) in [6, 6.07) is 10.0. The van der Waals surface area contributed by atoms with Gasteiger partial charge in [-0.15, -0.1) is 11.3 Å². The number of nitrogens with zero attached hydrogens (tertiary/aromatic N) is 1. The number of nitrogens with two attached hydrogens (primary N) is 1. The Morgan fingerprint density at radius 3 is 2.48 bits per heavy atom. The van der Waals surface area contributed by atoms with E-state index < -0.39 is 0 Å². The van der Waals surface area contributed by atoms with Crippen LogP contribution in [-0.2, 0) is 4.79 Å². The first-order chi connectivity index (χ1) is 12.0. The number of nitrogens with one attached hydrogen (secondary N) is 1. The van der Waals surface area contributed by atoms with Gasteiger partial charge in [0, 0.05) is 24.0 Å². The molecule has 0 spiro atoms. The minimum absolute atomic E-state index is 0.0910. The molecule has 0 atom stereocenters. The van der Waals surface area contributed by atoms with Crippen molar-refractivity contribution in [2.45, 2.75) is 18.9 Å². The normalized spacial score (nSPS) is 15.9. The molecule has 0 saturated carbocycles. The number of primary amides is 1. The summed E-state index contributed by atoms with van der Waals surface area (Å²) in [6.45, 7) is 1.77. The molecule has 0 radical (unpaired) electrons. The molecule has 1 fully saturated rings. The molecule has 2 heterocycles. The van der Waals surface area contributed by atoms with Gasteiger partial charge in [-0.1, -0.05) is 12.1 Å². The third kappa shape index (κ3) is 4.64. The van der Waals surface area contributed by atoms with E-state index in [4.69, 9.17) is 5.73 Å². The molecule has 1 saturated heterocycles. The number of amides is 2. The summed E-state index contributed by atoms with van der Waals surface area (Å²) >= 11 is 1.39. The Morgan fingerprint density at radius 2 is 1.84 bits per heavy atom. The first-order valence-electron chi connectivity index (χ1n) is 8.18. The molecule has 7 heteroatoms. The van der Waals surface area contributed by atoms with E-state index >= 15 is 0 Å². The third-order valence-corrected chi connectivity index (χ3v) is 5.39. The van der Waals surface area contributed by atoms with Crippen LogP contribution in [0.5, 0.6) is 0 Å². The Balaban J connectivity index is 1.56. The van der Waals surface area contributed by atoms with Crippen molar-refractivity contribution in [3.8, 4) is 10.4 Å². The molecular weight excluding hydrogens is 341 g/mol. The van der Waals surface area contributed by atoms with E-state index in [-0.39, 0.29) is 30.2 Å². The van der Waals surface area contributed by atoms with Gasteiger partial charge in [0.2, 0.25) is 5.91 Å². The lowest BCUT2D eigenvalue weighted by Crippen LogP contribution is -2.46. The molecule has 3 N–H and O–H groups in total. The molecular formula is C18H20FN3O2S. The Labute approximate surface area is 149 Å². The number of thiophene rings is 1. The van der Waals surface area contributed by atoms with Crippen LogP contribution in [0.25, 0.3) is 10.4 Å². The van der Waals surface area contributed by atoms with Gasteiger partial charge in [0.15, 0.2) is 0 Å². The number of piperidine rings is 1. The summed E-state index contributed by atoms with van der Waals surface area (Å²) in [5, 5.41) is 3.05. The second-order valence-electron chi connectivity index (χ2n) is 6.16. The monoisotopic (exact) mass is 361 g/mol. The quantitative estimate of drug-likeness (QED) is 0.858. The van der Waals surface area contributed by atoms with Gasteiger partial charge in [0.1, 0.15) is 5.82 Å². The van der Waals surface area contributed by atoms with Crippen molar-refractivity contribution >= 4 is 23.2 Å². The number of hydrogen-bond acceptors (Lipinski definition) is 4. The first kappa shape index (κ1) is 17.6. The first-order valence-corrected chi connectivity index (χ1v) is 9.00. The van der Waals surface area contributed by atoms with Crippen LogP contribution in [0.15, 0.2) is 36.4 Å². The molecule has 0 bridgehead atoms. The fourth-order valence-corrected chi connectivity index (χ4v) is 3.86. The minimum Gasteiger partial charge on any atom is -0.369 e. The smallest absolute Gasteiger partial charge is 0.261 e. The highest BCUT2D eigenvalue weighted by Gasteiger charge is 2.22. The predicted molar refractivity (Wildman–Crippen MR) is 95.8 cm³/mol. The molecule has 0 unspecified atom stereocenters. The Morgan fingerprint density at radius 1 is 1.16 bits per heavy atom. The lowest BCUT2D eigenvalue weighted by atomic mass is 10.0. The van der Waals surface area contributed by atoms with Gasteiger partial charge in [-0.25, -0.2) is 4.39 Å². The molecule has 2 amide bonds. The van der Waals surface area contributed by atoms with Crippen molar-refractivity contribution in [1.29, 1.82) is 0 Å². The number of carbonyl (C=O) groups excluding carboxylic acids is 2. The average molecular weight is 361 g/mol. The molecule has 132 valence electrons. The van der Waals surface area contributed by atoms with Crippen LogP contribution >= 0.6 is 11.3 Å². The number of benzene rings is 1. The van der Waals surface area contributed by atoms with Gasteiger partial charge in [-0.3, -0.25) is 14.5 Å². The van der Waals surface area contributed by atoms with Gasteiger partial charge in [-0.05, 0) is 42.7 Å². The maximum atomic E-state index is 13.0. The lowest BCUT2D eigenvalue weighted by Gasteiger charge is -2.31. The van der Waals surface area contributed by atoms with Crippen LogP contribution in [0, 0.1) is 5.82 Å². The number of halogens is 1. The van der Waals surface area contributed by atoms with Crippen molar-refractivity contribution in [3.63, 3.8) is 0 Å². The fourth-order valence-electron chi connectivity index (χ4n) is 2.94. The Kier molecular flexibility index (Phi) is 5.45. The second-order valence-corrected chi connectivity index (χ2v) is 7.24. The largest absolute Gasteiger partial charge is 0.369 e. The minimum atomic E-state index is -0.325. The van der Waals surface area contributed by atoms with Crippen LogP contribution < -0.4 is 11.1 Å². The summed E-state index contributed by atoms with van der Waals surface area (Å²) in [6.07, 6.45) is 1.60. The number of rotatable bonds is 5.